The summed E-state index contributed by atoms with van der Waals surface area (Å²) in [4.78, 5) is 0. The smallest absolute Gasteiger partial charge is 0.000115 e. The fraction of sp³-hybridized carbons (Fsp3) is 0. The summed E-state index contributed by atoms with van der Waals surface area (Å²) in [5, 5.41) is 19.7. The van der Waals surface area contributed by atoms with Crippen molar-refractivity contribution < 1.29 is 0 Å². The Balaban J connectivity index is 1.87. The molecule has 0 aromatic heterocycles. The summed E-state index contributed by atoms with van der Waals surface area (Å²) < 4.78 is 0. The lowest BCUT2D eigenvalue weighted by Crippen LogP contribution is -1.91. The first kappa shape index (κ1) is 14.1. The van der Waals surface area contributed by atoms with Gasteiger partial charge in [-0.15, -0.1) is 0 Å². The van der Waals surface area contributed by atoms with Crippen molar-refractivity contribution in [3.8, 4) is 11.1 Å². The molecule has 134 valence electrons. The average molecular weight is 374 g/mol. The Morgan fingerprint density at radius 2 is 0.967 bits per heavy atom. The van der Waals surface area contributed by atoms with Gasteiger partial charge in [-0.2, -0.15) is 0 Å². The van der Waals surface area contributed by atoms with Gasteiger partial charge in [0.2, 0.25) is 0 Å². The fourth-order valence-corrected chi connectivity index (χ4v) is 6.56. The predicted octanol–water partition coefficient (Wildman–Crippen LogP) is 8.61. The van der Waals surface area contributed by atoms with Crippen LogP contribution in [0.5, 0.6) is 0 Å². The third-order valence-corrected chi connectivity index (χ3v) is 7.63. The first-order valence-corrected chi connectivity index (χ1v) is 10.6. The van der Waals surface area contributed by atoms with Gasteiger partial charge >= 0.3 is 0 Å². The molecule has 0 amide bonds. The van der Waals surface area contributed by atoms with E-state index in [0.717, 1.165) is 0 Å². The third kappa shape index (κ3) is 1.28. The number of benzene rings is 8. The first-order chi connectivity index (χ1) is 14.9. The van der Waals surface area contributed by atoms with Gasteiger partial charge in [-0.25, -0.2) is 0 Å². The monoisotopic (exact) mass is 374 g/mol. The van der Waals surface area contributed by atoms with Gasteiger partial charge < -0.3 is 0 Å². The normalized spacial score (nSPS) is 13.3. The Kier molecular flexibility index (Phi) is 2.04. The number of hydrogen-bond donors (Lipinski definition) is 0. The van der Waals surface area contributed by atoms with Crippen LogP contribution in [0, 0.1) is 0 Å². The summed E-state index contributed by atoms with van der Waals surface area (Å²) in [6.07, 6.45) is 0. The largest absolute Gasteiger partial charge is 0.0616 e. The van der Waals surface area contributed by atoms with Gasteiger partial charge in [-0.1, -0.05) is 78.9 Å². The molecule has 0 unspecified atom stereocenters. The molecule has 8 aromatic carbocycles. The molecule has 0 bridgehead atoms. The second-order valence-electron chi connectivity index (χ2n) is 8.86. The molecular formula is C30H14. The van der Waals surface area contributed by atoms with E-state index < -0.39 is 0 Å². The zero-order valence-electron chi connectivity index (χ0n) is 16.1. The van der Waals surface area contributed by atoms with E-state index in [2.05, 4.69) is 84.9 Å². The second kappa shape index (κ2) is 4.32. The van der Waals surface area contributed by atoms with Crippen LogP contribution in [0.15, 0.2) is 84.9 Å². The Morgan fingerprint density at radius 3 is 1.83 bits per heavy atom. The van der Waals surface area contributed by atoms with E-state index in [-0.39, 0.29) is 0 Å². The highest BCUT2D eigenvalue weighted by Gasteiger charge is 2.27. The summed E-state index contributed by atoms with van der Waals surface area (Å²) in [6, 6.07) is 32.1. The molecule has 0 nitrogen and oxygen atoms in total. The Hall–Kier alpha value is -3.90. The summed E-state index contributed by atoms with van der Waals surface area (Å²) in [6.45, 7) is 0. The van der Waals surface area contributed by atoms with Crippen molar-refractivity contribution in [2.45, 2.75) is 0 Å². The molecule has 0 aliphatic heterocycles. The van der Waals surface area contributed by atoms with Crippen LogP contribution in [-0.4, -0.2) is 0 Å². The Morgan fingerprint density at radius 1 is 0.300 bits per heavy atom. The molecule has 0 spiro atoms. The lowest BCUT2D eigenvalue weighted by Gasteiger charge is -2.19. The maximum Gasteiger partial charge on any atom is -0.000115 e. The summed E-state index contributed by atoms with van der Waals surface area (Å²) in [5.74, 6) is 0. The van der Waals surface area contributed by atoms with E-state index in [1.54, 1.807) is 0 Å². The third-order valence-electron chi connectivity index (χ3n) is 7.63. The van der Waals surface area contributed by atoms with Crippen LogP contribution < -0.4 is 0 Å². The van der Waals surface area contributed by atoms with Crippen molar-refractivity contribution in [2.75, 3.05) is 0 Å². The van der Waals surface area contributed by atoms with Gasteiger partial charge in [0, 0.05) is 0 Å². The van der Waals surface area contributed by atoms with Crippen LogP contribution >= 0.6 is 0 Å². The van der Waals surface area contributed by atoms with Gasteiger partial charge in [0.1, 0.15) is 0 Å². The van der Waals surface area contributed by atoms with Gasteiger partial charge in [-0.3, -0.25) is 0 Å². The minimum absolute atomic E-state index is 1.35. The van der Waals surface area contributed by atoms with E-state index in [9.17, 15) is 0 Å². The molecular weight excluding hydrogens is 360 g/mol. The average Bonchev–Trinajstić information content (AvgIpc) is 3.15. The van der Waals surface area contributed by atoms with E-state index in [1.165, 1.54) is 86.5 Å². The van der Waals surface area contributed by atoms with Gasteiger partial charge in [0.25, 0.3) is 0 Å². The number of fused-ring (bicyclic) bond motifs is 4. The van der Waals surface area contributed by atoms with Crippen molar-refractivity contribution in [3.63, 3.8) is 0 Å². The standard InChI is InChI=1S/C30H14/c1-2-6-19-18(5-1)21-12-10-15-8-9-16-11-13-22-20-7-3-4-17-14-23(19)29-27(21)25(15)26(16)28(22)30(29)24(17)20/h1-14H. The highest BCUT2D eigenvalue weighted by atomic mass is 14.3. The lowest BCUT2D eigenvalue weighted by molar-refractivity contribution is 1.78. The molecule has 1 aliphatic carbocycles. The predicted molar refractivity (Wildman–Crippen MR) is 130 cm³/mol. The van der Waals surface area contributed by atoms with Gasteiger partial charge in [0.15, 0.2) is 0 Å². The van der Waals surface area contributed by atoms with E-state index in [4.69, 9.17) is 0 Å². The maximum absolute atomic E-state index is 2.44. The SMILES string of the molecule is c1cc2c3c(c1)cc1c4ccccc4c4ccc5ccc6ccc-2c2c6c5c4c1c32. The lowest BCUT2D eigenvalue weighted by atomic mass is 9.83. The van der Waals surface area contributed by atoms with Crippen molar-refractivity contribution in [1.29, 1.82) is 0 Å². The van der Waals surface area contributed by atoms with Crippen LogP contribution in [0.1, 0.15) is 0 Å². The summed E-state index contributed by atoms with van der Waals surface area (Å²) >= 11 is 0. The maximum atomic E-state index is 2.44. The zero-order valence-corrected chi connectivity index (χ0v) is 16.1. The molecule has 0 saturated carbocycles. The Labute approximate surface area is 171 Å². The second-order valence-corrected chi connectivity index (χ2v) is 8.86. The highest BCUT2D eigenvalue weighted by Crippen LogP contribution is 2.55. The molecule has 0 radical (unpaired) electrons. The van der Waals surface area contributed by atoms with Crippen LogP contribution in [0.4, 0.5) is 0 Å². The van der Waals surface area contributed by atoms with Gasteiger partial charge in [0.05, 0.1) is 0 Å². The van der Waals surface area contributed by atoms with Crippen LogP contribution in [-0.2, 0) is 0 Å². The van der Waals surface area contributed by atoms with Crippen molar-refractivity contribution >= 4 is 75.4 Å². The minimum Gasteiger partial charge on any atom is -0.0616 e. The first-order valence-electron chi connectivity index (χ1n) is 10.6. The highest BCUT2D eigenvalue weighted by molar-refractivity contribution is 6.50. The molecule has 0 atom stereocenters. The molecule has 8 aromatic rings. The molecule has 1 aliphatic rings. The van der Waals surface area contributed by atoms with E-state index >= 15 is 0 Å². The molecule has 9 rings (SSSR count). The quantitative estimate of drug-likeness (QED) is 0.184. The van der Waals surface area contributed by atoms with Crippen molar-refractivity contribution in [1.82, 2.24) is 0 Å². The minimum atomic E-state index is 1.35. The number of rotatable bonds is 0. The summed E-state index contributed by atoms with van der Waals surface area (Å²) in [7, 11) is 0. The molecule has 0 heteroatoms. The summed E-state index contributed by atoms with van der Waals surface area (Å²) in [5.41, 5.74) is 2.80. The fourth-order valence-electron chi connectivity index (χ4n) is 6.56. The topological polar surface area (TPSA) is 0 Å². The van der Waals surface area contributed by atoms with Crippen LogP contribution in [0.2, 0.25) is 0 Å². The van der Waals surface area contributed by atoms with Crippen LogP contribution in [0.25, 0.3) is 86.5 Å². The van der Waals surface area contributed by atoms with Crippen molar-refractivity contribution in [3.05, 3.63) is 84.9 Å². The molecule has 0 saturated heterocycles. The van der Waals surface area contributed by atoms with E-state index in [1.807, 2.05) is 0 Å². The molecule has 30 heavy (non-hydrogen) atoms. The molecule has 0 fully saturated rings. The van der Waals surface area contributed by atoms with Crippen molar-refractivity contribution in [2.24, 2.45) is 0 Å². The molecule has 0 heterocycles. The Bertz CT molecular complexity index is 2030. The van der Waals surface area contributed by atoms with Crippen LogP contribution in [0.3, 0.4) is 0 Å². The molecule has 0 N–H and O–H groups in total. The van der Waals surface area contributed by atoms with E-state index in [0.29, 0.717) is 0 Å². The number of hydrogen-bond acceptors (Lipinski definition) is 0. The zero-order chi connectivity index (χ0) is 19.1. The van der Waals surface area contributed by atoms with Gasteiger partial charge in [-0.05, 0) is 92.6 Å².